The Morgan fingerprint density at radius 3 is 2.38 bits per heavy atom. The Kier molecular flexibility index (Phi) is 4.60. The van der Waals surface area contributed by atoms with Gasteiger partial charge in [-0.1, -0.05) is 41.9 Å². The van der Waals surface area contributed by atoms with Crippen LogP contribution >= 0.6 is 11.6 Å². The number of anilines is 1. The highest BCUT2D eigenvalue weighted by molar-refractivity contribution is 6.33. The summed E-state index contributed by atoms with van der Waals surface area (Å²) in [5.41, 5.74) is 1.38. The minimum Gasteiger partial charge on any atom is -0.478 e. The lowest BCUT2D eigenvalue weighted by Crippen LogP contribution is -2.18. The zero-order chi connectivity index (χ0) is 15.4. The fourth-order valence-electron chi connectivity index (χ4n) is 1.91. The SMILES string of the molecule is CC(C(=O)Nc1ccc(C(=O)O)c(Cl)c1)c1ccccc1. The quantitative estimate of drug-likeness (QED) is 0.903. The van der Waals surface area contributed by atoms with Gasteiger partial charge in [0, 0.05) is 5.69 Å². The number of nitrogens with one attached hydrogen (secondary N) is 1. The van der Waals surface area contributed by atoms with Crippen molar-refractivity contribution in [3.63, 3.8) is 0 Å². The highest BCUT2D eigenvalue weighted by Gasteiger charge is 2.16. The van der Waals surface area contributed by atoms with E-state index in [4.69, 9.17) is 16.7 Å². The molecule has 1 atom stereocenters. The molecule has 0 aliphatic heterocycles. The topological polar surface area (TPSA) is 66.4 Å². The number of hydrogen-bond donors (Lipinski definition) is 2. The lowest BCUT2D eigenvalue weighted by Gasteiger charge is -2.13. The van der Waals surface area contributed by atoms with E-state index in [-0.39, 0.29) is 22.4 Å². The lowest BCUT2D eigenvalue weighted by molar-refractivity contribution is -0.117. The second-order valence-electron chi connectivity index (χ2n) is 4.62. The Balaban J connectivity index is 2.13. The Morgan fingerprint density at radius 2 is 1.81 bits per heavy atom. The minimum atomic E-state index is -1.10. The van der Waals surface area contributed by atoms with Gasteiger partial charge in [-0.05, 0) is 30.7 Å². The summed E-state index contributed by atoms with van der Waals surface area (Å²) in [4.78, 5) is 23.0. The minimum absolute atomic E-state index is 0.00535. The average Bonchev–Trinajstić information content (AvgIpc) is 2.47. The molecule has 0 heterocycles. The number of rotatable bonds is 4. The van der Waals surface area contributed by atoms with Crippen LogP contribution in [-0.4, -0.2) is 17.0 Å². The van der Waals surface area contributed by atoms with E-state index in [1.165, 1.54) is 18.2 Å². The van der Waals surface area contributed by atoms with Gasteiger partial charge in [0.15, 0.2) is 0 Å². The zero-order valence-corrected chi connectivity index (χ0v) is 12.1. The molecular formula is C16H14ClNO3. The standard InChI is InChI=1S/C16H14ClNO3/c1-10(11-5-3-2-4-6-11)15(19)18-12-7-8-13(16(20)21)14(17)9-12/h2-10H,1H3,(H,18,19)(H,20,21). The van der Waals surface area contributed by atoms with Gasteiger partial charge in [-0.2, -0.15) is 0 Å². The molecule has 4 nitrogen and oxygen atoms in total. The van der Waals surface area contributed by atoms with Crippen LogP contribution in [-0.2, 0) is 4.79 Å². The maximum atomic E-state index is 12.2. The molecule has 2 rings (SSSR count). The summed E-state index contributed by atoms with van der Waals surface area (Å²) in [5, 5.41) is 11.7. The highest BCUT2D eigenvalue weighted by atomic mass is 35.5. The maximum Gasteiger partial charge on any atom is 0.337 e. The summed E-state index contributed by atoms with van der Waals surface area (Å²) in [6, 6.07) is 13.7. The molecule has 1 amide bonds. The van der Waals surface area contributed by atoms with Gasteiger partial charge in [0.2, 0.25) is 5.91 Å². The molecule has 2 N–H and O–H groups in total. The second-order valence-corrected chi connectivity index (χ2v) is 5.03. The lowest BCUT2D eigenvalue weighted by atomic mass is 10.0. The van der Waals surface area contributed by atoms with Crippen molar-refractivity contribution in [1.82, 2.24) is 0 Å². The van der Waals surface area contributed by atoms with E-state index >= 15 is 0 Å². The number of carboxylic acids is 1. The Hall–Kier alpha value is -2.33. The normalized spacial score (nSPS) is 11.7. The van der Waals surface area contributed by atoms with Crippen molar-refractivity contribution in [2.24, 2.45) is 0 Å². The van der Waals surface area contributed by atoms with Crippen LogP contribution in [0, 0.1) is 0 Å². The van der Waals surface area contributed by atoms with Crippen LogP contribution in [0.4, 0.5) is 5.69 Å². The third kappa shape index (κ3) is 3.61. The molecule has 2 aromatic carbocycles. The molecule has 0 bridgehead atoms. The van der Waals surface area contributed by atoms with E-state index < -0.39 is 5.97 Å². The van der Waals surface area contributed by atoms with Crippen molar-refractivity contribution < 1.29 is 14.7 Å². The first kappa shape index (κ1) is 15.1. The van der Waals surface area contributed by atoms with Crippen LogP contribution in [0.3, 0.4) is 0 Å². The molecular weight excluding hydrogens is 290 g/mol. The third-order valence-corrected chi connectivity index (χ3v) is 3.47. The fourth-order valence-corrected chi connectivity index (χ4v) is 2.17. The van der Waals surface area contributed by atoms with Crippen molar-refractivity contribution in [2.75, 3.05) is 5.32 Å². The van der Waals surface area contributed by atoms with Crippen molar-refractivity contribution in [3.8, 4) is 0 Å². The number of carbonyl (C=O) groups excluding carboxylic acids is 1. The predicted molar refractivity (Wildman–Crippen MR) is 81.9 cm³/mol. The Morgan fingerprint density at radius 1 is 1.14 bits per heavy atom. The number of amides is 1. The van der Waals surface area contributed by atoms with Crippen molar-refractivity contribution in [3.05, 3.63) is 64.7 Å². The summed E-state index contributed by atoms with van der Waals surface area (Å²) in [6.07, 6.45) is 0. The largest absolute Gasteiger partial charge is 0.478 e. The first-order valence-electron chi connectivity index (χ1n) is 6.37. The molecule has 21 heavy (non-hydrogen) atoms. The van der Waals surface area contributed by atoms with Crippen LogP contribution in [0.2, 0.25) is 5.02 Å². The predicted octanol–water partition coefficient (Wildman–Crippen LogP) is 3.78. The van der Waals surface area contributed by atoms with Gasteiger partial charge < -0.3 is 10.4 Å². The van der Waals surface area contributed by atoms with Crippen molar-refractivity contribution in [2.45, 2.75) is 12.8 Å². The first-order valence-corrected chi connectivity index (χ1v) is 6.75. The number of benzene rings is 2. The number of halogens is 1. The van der Waals surface area contributed by atoms with E-state index in [2.05, 4.69) is 5.32 Å². The molecule has 5 heteroatoms. The van der Waals surface area contributed by atoms with E-state index in [9.17, 15) is 9.59 Å². The summed E-state index contributed by atoms with van der Waals surface area (Å²) in [6.45, 7) is 1.80. The van der Waals surface area contributed by atoms with Gasteiger partial charge >= 0.3 is 5.97 Å². The first-order chi connectivity index (χ1) is 9.99. The molecule has 0 saturated carbocycles. The van der Waals surface area contributed by atoms with Crippen LogP contribution in [0.1, 0.15) is 28.8 Å². The van der Waals surface area contributed by atoms with Crippen molar-refractivity contribution >= 4 is 29.2 Å². The summed E-state index contributed by atoms with van der Waals surface area (Å²) >= 11 is 5.87. The number of aromatic carboxylic acids is 1. The Bertz CT molecular complexity index is 670. The van der Waals surface area contributed by atoms with E-state index in [0.29, 0.717) is 5.69 Å². The average molecular weight is 304 g/mol. The van der Waals surface area contributed by atoms with E-state index in [1.54, 1.807) is 6.92 Å². The van der Waals surface area contributed by atoms with E-state index in [0.717, 1.165) is 5.56 Å². The molecule has 108 valence electrons. The summed E-state index contributed by atoms with van der Waals surface area (Å²) in [7, 11) is 0. The third-order valence-electron chi connectivity index (χ3n) is 3.16. The monoisotopic (exact) mass is 303 g/mol. The van der Waals surface area contributed by atoms with Crippen LogP contribution in [0.25, 0.3) is 0 Å². The van der Waals surface area contributed by atoms with Crippen molar-refractivity contribution in [1.29, 1.82) is 0 Å². The number of carboxylic acid groups (broad SMARTS) is 1. The smallest absolute Gasteiger partial charge is 0.337 e. The highest BCUT2D eigenvalue weighted by Crippen LogP contribution is 2.23. The molecule has 0 fully saturated rings. The number of hydrogen-bond acceptors (Lipinski definition) is 2. The molecule has 1 unspecified atom stereocenters. The second kappa shape index (κ2) is 6.41. The van der Waals surface area contributed by atoms with Gasteiger partial charge in [0.25, 0.3) is 0 Å². The molecule has 0 aliphatic carbocycles. The van der Waals surface area contributed by atoms with E-state index in [1.807, 2.05) is 30.3 Å². The molecule has 0 radical (unpaired) electrons. The van der Waals surface area contributed by atoms with Crippen LogP contribution in [0.5, 0.6) is 0 Å². The van der Waals surface area contributed by atoms with Crippen LogP contribution in [0.15, 0.2) is 48.5 Å². The molecule has 0 aromatic heterocycles. The Labute approximate surface area is 127 Å². The maximum absolute atomic E-state index is 12.2. The van der Waals surface area contributed by atoms with Gasteiger partial charge in [-0.3, -0.25) is 4.79 Å². The fraction of sp³-hybridized carbons (Fsp3) is 0.125. The zero-order valence-electron chi connectivity index (χ0n) is 11.3. The molecule has 0 spiro atoms. The van der Waals surface area contributed by atoms with Gasteiger partial charge in [0.05, 0.1) is 16.5 Å². The van der Waals surface area contributed by atoms with Gasteiger partial charge in [-0.15, -0.1) is 0 Å². The van der Waals surface area contributed by atoms with Crippen LogP contribution < -0.4 is 5.32 Å². The summed E-state index contributed by atoms with van der Waals surface area (Å²) in [5.74, 6) is -1.60. The molecule has 0 aliphatic rings. The number of carbonyl (C=O) groups is 2. The summed E-state index contributed by atoms with van der Waals surface area (Å²) < 4.78 is 0. The molecule has 0 saturated heterocycles. The van der Waals surface area contributed by atoms with Gasteiger partial charge in [0.1, 0.15) is 0 Å². The molecule has 2 aromatic rings. The van der Waals surface area contributed by atoms with Gasteiger partial charge in [-0.25, -0.2) is 4.79 Å².